The fourth-order valence-electron chi connectivity index (χ4n) is 3.75. The summed E-state index contributed by atoms with van der Waals surface area (Å²) in [4.78, 5) is 14.4. The van der Waals surface area contributed by atoms with Crippen LogP contribution >= 0.6 is 11.8 Å². The van der Waals surface area contributed by atoms with E-state index in [1.165, 1.54) is 4.90 Å². The van der Waals surface area contributed by atoms with Gasteiger partial charge in [0.25, 0.3) is 10.0 Å². The molecule has 1 N–H and O–H groups in total. The zero-order valence-corrected chi connectivity index (χ0v) is 22.6. The molecule has 0 fully saturated rings. The van der Waals surface area contributed by atoms with Crippen LogP contribution in [-0.2, 0) is 27.0 Å². The number of thioether (sulfide) groups is 1. The maximum Gasteiger partial charge on any atom is 0.264 e. The predicted octanol–water partition coefficient (Wildman–Crippen LogP) is 6.68. The summed E-state index contributed by atoms with van der Waals surface area (Å²) in [5.74, 6) is 0.399. The van der Waals surface area contributed by atoms with Crippen LogP contribution in [0.15, 0.2) is 113 Å². The van der Waals surface area contributed by atoms with E-state index < -0.39 is 15.9 Å². The monoisotopic (exact) mass is 530 g/mol. The number of amides is 1. The van der Waals surface area contributed by atoms with E-state index >= 15 is 0 Å². The lowest BCUT2D eigenvalue weighted by atomic mass is 10.1. The zero-order chi connectivity index (χ0) is 26.3. The van der Waals surface area contributed by atoms with Gasteiger partial charge in [0.05, 0.1) is 10.6 Å². The molecule has 0 aliphatic rings. The van der Waals surface area contributed by atoms with Crippen molar-refractivity contribution in [1.29, 1.82) is 0 Å². The minimum atomic E-state index is -3.95. The third-order valence-electron chi connectivity index (χ3n) is 5.92. The van der Waals surface area contributed by atoms with Gasteiger partial charge in [0.1, 0.15) is 6.54 Å². The topological polar surface area (TPSA) is 66.5 Å². The average molecular weight is 531 g/mol. The summed E-state index contributed by atoms with van der Waals surface area (Å²) in [6.07, 6.45) is 0.839. The Morgan fingerprint density at radius 1 is 0.811 bits per heavy atom. The highest BCUT2D eigenvalue weighted by Gasteiger charge is 2.27. The molecule has 4 rings (SSSR count). The highest BCUT2D eigenvalue weighted by molar-refractivity contribution is 7.98. The predicted molar refractivity (Wildman–Crippen MR) is 153 cm³/mol. The molecule has 0 unspecified atom stereocenters. The molecule has 0 saturated heterocycles. The number of hydrogen-bond acceptors (Lipinski definition) is 4. The van der Waals surface area contributed by atoms with Crippen molar-refractivity contribution in [2.24, 2.45) is 0 Å². The number of anilines is 2. The standard InChI is InChI=1S/C30H30N2O3S2/c1-3-24-13-17-27(18-14-24)32(37(34,35)29-19-9-23(2)10-20-29)21-30(33)31-26-15-11-25(12-16-26)22-36-28-7-5-4-6-8-28/h4-20H,3,21-22H2,1-2H3,(H,31,33). The van der Waals surface area contributed by atoms with Gasteiger partial charge in [-0.25, -0.2) is 8.42 Å². The molecule has 37 heavy (non-hydrogen) atoms. The fraction of sp³-hybridized carbons (Fsp3) is 0.167. The molecule has 0 radical (unpaired) electrons. The Morgan fingerprint density at radius 3 is 2.05 bits per heavy atom. The van der Waals surface area contributed by atoms with E-state index in [0.717, 1.165) is 33.2 Å². The van der Waals surface area contributed by atoms with Crippen LogP contribution in [0.1, 0.15) is 23.6 Å². The van der Waals surface area contributed by atoms with Gasteiger partial charge >= 0.3 is 0 Å². The molecular weight excluding hydrogens is 500 g/mol. The van der Waals surface area contributed by atoms with Gasteiger partial charge in [0.2, 0.25) is 5.91 Å². The van der Waals surface area contributed by atoms with E-state index in [4.69, 9.17) is 0 Å². The summed E-state index contributed by atoms with van der Waals surface area (Å²) < 4.78 is 28.3. The van der Waals surface area contributed by atoms with Crippen molar-refractivity contribution in [3.8, 4) is 0 Å². The fourth-order valence-corrected chi connectivity index (χ4v) is 6.05. The van der Waals surface area contributed by atoms with Gasteiger partial charge in [-0.3, -0.25) is 9.10 Å². The van der Waals surface area contributed by atoms with Gasteiger partial charge in [0.15, 0.2) is 0 Å². The van der Waals surface area contributed by atoms with Gasteiger partial charge in [-0.05, 0) is 73.0 Å². The Morgan fingerprint density at radius 2 is 1.43 bits per heavy atom. The van der Waals surface area contributed by atoms with Crippen molar-refractivity contribution in [2.45, 2.75) is 35.8 Å². The number of carbonyl (C=O) groups is 1. The van der Waals surface area contributed by atoms with Crippen LogP contribution in [0.5, 0.6) is 0 Å². The molecule has 5 nitrogen and oxygen atoms in total. The minimum Gasteiger partial charge on any atom is -0.325 e. The molecule has 4 aromatic rings. The largest absolute Gasteiger partial charge is 0.325 e. The quantitative estimate of drug-likeness (QED) is 0.232. The minimum absolute atomic E-state index is 0.144. The molecule has 0 heterocycles. The van der Waals surface area contributed by atoms with E-state index in [-0.39, 0.29) is 11.4 Å². The molecule has 7 heteroatoms. The number of carbonyl (C=O) groups excluding carboxylic acids is 1. The number of benzene rings is 4. The summed E-state index contributed by atoms with van der Waals surface area (Å²) in [7, 11) is -3.95. The Bertz CT molecular complexity index is 1420. The lowest BCUT2D eigenvalue weighted by Crippen LogP contribution is -2.38. The Hall–Kier alpha value is -3.55. The molecule has 0 aliphatic carbocycles. The van der Waals surface area contributed by atoms with Crippen LogP contribution in [0.25, 0.3) is 0 Å². The Balaban J connectivity index is 1.48. The molecule has 0 bridgehead atoms. The molecular formula is C30H30N2O3S2. The van der Waals surface area contributed by atoms with Crippen molar-refractivity contribution in [2.75, 3.05) is 16.2 Å². The van der Waals surface area contributed by atoms with Crippen LogP contribution in [0, 0.1) is 6.92 Å². The van der Waals surface area contributed by atoms with Gasteiger partial charge < -0.3 is 5.32 Å². The second-order valence-electron chi connectivity index (χ2n) is 8.69. The van der Waals surface area contributed by atoms with E-state index in [1.54, 1.807) is 48.2 Å². The third kappa shape index (κ3) is 7.02. The second kappa shape index (κ2) is 12.1. The van der Waals surface area contributed by atoms with Crippen molar-refractivity contribution in [3.63, 3.8) is 0 Å². The van der Waals surface area contributed by atoms with Crippen LogP contribution in [-0.4, -0.2) is 20.9 Å². The lowest BCUT2D eigenvalue weighted by Gasteiger charge is -2.24. The van der Waals surface area contributed by atoms with Crippen LogP contribution in [0.4, 0.5) is 11.4 Å². The first-order valence-electron chi connectivity index (χ1n) is 12.1. The normalized spacial score (nSPS) is 11.2. The number of rotatable bonds is 10. The van der Waals surface area contributed by atoms with Crippen molar-refractivity contribution < 1.29 is 13.2 Å². The Labute approximate surface area is 223 Å². The average Bonchev–Trinajstić information content (AvgIpc) is 2.92. The summed E-state index contributed by atoms with van der Waals surface area (Å²) in [6.45, 7) is 3.60. The molecule has 0 spiro atoms. The molecule has 0 aromatic heterocycles. The first-order valence-corrected chi connectivity index (χ1v) is 14.5. The maximum atomic E-state index is 13.6. The molecule has 1 amide bonds. The molecule has 0 aliphatic heterocycles. The van der Waals surface area contributed by atoms with Crippen LogP contribution < -0.4 is 9.62 Å². The maximum absolute atomic E-state index is 13.6. The van der Waals surface area contributed by atoms with E-state index in [0.29, 0.717) is 11.4 Å². The number of aryl methyl sites for hydroxylation is 2. The molecule has 4 aromatic carbocycles. The van der Waals surface area contributed by atoms with Crippen molar-refractivity contribution in [3.05, 3.63) is 120 Å². The van der Waals surface area contributed by atoms with E-state index in [2.05, 4.69) is 17.4 Å². The molecule has 0 saturated carbocycles. The van der Waals surface area contributed by atoms with Gasteiger partial charge in [-0.2, -0.15) is 0 Å². The first kappa shape index (κ1) is 26.5. The number of sulfonamides is 1. The van der Waals surface area contributed by atoms with Gasteiger partial charge in [0, 0.05) is 16.3 Å². The zero-order valence-electron chi connectivity index (χ0n) is 20.9. The third-order valence-corrected chi connectivity index (χ3v) is 8.79. The number of hydrogen-bond donors (Lipinski definition) is 1. The lowest BCUT2D eigenvalue weighted by molar-refractivity contribution is -0.114. The smallest absolute Gasteiger partial charge is 0.264 e. The number of nitrogens with zero attached hydrogens (tertiary/aromatic N) is 1. The first-order chi connectivity index (χ1) is 17.8. The van der Waals surface area contributed by atoms with Crippen LogP contribution in [0.2, 0.25) is 0 Å². The molecule has 190 valence electrons. The van der Waals surface area contributed by atoms with Crippen molar-refractivity contribution >= 4 is 39.1 Å². The van der Waals surface area contributed by atoms with Crippen molar-refractivity contribution in [1.82, 2.24) is 0 Å². The number of nitrogens with one attached hydrogen (secondary N) is 1. The van der Waals surface area contributed by atoms with Gasteiger partial charge in [-0.1, -0.05) is 67.1 Å². The highest BCUT2D eigenvalue weighted by atomic mass is 32.2. The van der Waals surface area contributed by atoms with Gasteiger partial charge in [-0.15, -0.1) is 11.8 Å². The summed E-state index contributed by atoms with van der Waals surface area (Å²) in [5, 5.41) is 2.85. The SMILES string of the molecule is CCc1ccc(N(CC(=O)Nc2ccc(CSc3ccccc3)cc2)S(=O)(=O)c2ccc(C)cc2)cc1. The summed E-state index contributed by atoms with van der Waals surface area (Å²) in [6, 6.07) is 31.7. The van der Waals surface area contributed by atoms with E-state index in [1.807, 2.05) is 68.4 Å². The van der Waals surface area contributed by atoms with Crippen LogP contribution in [0.3, 0.4) is 0 Å². The summed E-state index contributed by atoms with van der Waals surface area (Å²) >= 11 is 1.74. The van der Waals surface area contributed by atoms with E-state index in [9.17, 15) is 13.2 Å². The Kier molecular flexibility index (Phi) is 8.69. The highest BCUT2D eigenvalue weighted by Crippen LogP contribution is 2.26. The molecule has 0 atom stereocenters. The second-order valence-corrected chi connectivity index (χ2v) is 11.6. The summed E-state index contributed by atoms with van der Waals surface area (Å²) in [5.41, 5.74) is 4.24.